The van der Waals surface area contributed by atoms with Crippen molar-refractivity contribution in [3.05, 3.63) is 0 Å². The van der Waals surface area contributed by atoms with Crippen LogP contribution in [0.2, 0.25) is 0 Å². The van der Waals surface area contributed by atoms with E-state index in [1.807, 2.05) is 0 Å². The molecule has 116 valence electrons. The van der Waals surface area contributed by atoms with Crippen LogP contribution in [0.3, 0.4) is 0 Å². The van der Waals surface area contributed by atoms with Gasteiger partial charge in [0.1, 0.15) is 0 Å². The minimum Gasteiger partial charge on any atom is -0.308 e. The summed E-state index contributed by atoms with van der Waals surface area (Å²) in [6, 6.07) is 0.760. The molecule has 2 saturated heterocycles. The molecule has 3 heteroatoms. The van der Waals surface area contributed by atoms with Gasteiger partial charge in [0.15, 0.2) is 0 Å². The zero-order valence-electron chi connectivity index (χ0n) is 13.4. The van der Waals surface area contributed by atoms with E-state index in [9.17, 15) is 0 Å². The Bertz CT molecular complexity index is 306. The van der Waals surface area contributed by atoms with E-state index in [-0.39, 0.29) is 0 Å². The monoisotopic (exact) mass is 296 g/mol. The second kappa shape index (κ2) is 6.58. The third-order valence-electron chi connectivity index (χ3n) is 5.82. The van der Waals surface area contributed by atoms with Crippen LogP contribution in [0.5, 0.6) is 0 Å². The van der Waals surface area contributed by atoms with Crippen LogP contribution in [-0.4, -0.2) is 47.6 Å². The summed E-state index contributed by atoms with van der Waals surface area (Å²) in [6.07, 6.45) is 8.60. The van der Waals surface area contributed by atoms with Gasteiger partial charge in [0.05, 0.1) is 0 Å². The summed E-state index contributed by atoms with van der Waals surface area (Å²) in [4.78, 5) is 2.88. The highest BCUT2D eigenvalue weighted by Crippen LogP contribution is 2.35. The lowest BCUT2D eigenvalue weighted by Crippen LogP contribution is -2.65. The molecule has 0 bridgehead atoms. The van der Waals surface area contributed by atoms with Gasteiger partial charge in [-0.1, -0.05) is 26.7 Å². The standard InChI is InChI=1S/C17H32N2S/c1-14(2)16-11-18-17(7-3-4-8-17)13-19(16)12-15-5-9-20-10-6-15/h14-16,18H,3-13H2,1-2H3. The van der Waals surface area contributed by atoms with E-state index in [2.05, 4.69) is 35.8 Å². The first-order valence-corrected chi connectivity index (χ1v) is 9.91. The average molecular weight is 297 g/mol. The molecule has 1 N–H and O–H groups in total. The molecular weight excluding hydrogens is 264 g/mol. The highest BCUT2D eigenvalue weighted by atomic mass is 32.2. The van der Waals surface area contributed by atoms with Crippen molar-refractivity contribution in [1.82, 2.24) is 10.2 Å². The van der Waals surface area contributed by atoms with Gasteiger partial charge in [-0.25, -0.2) is 0 Å². The van der Waals surface area contributed by atoms with Gasteiger partial charge in [0.2, 0.25) is 0 Å². The number of thioether (sulfide) groups is 1. The Morgan fingerprint density at radius 2 is 1.90 bits per heavy atom. The Hall–Kier alpha value is 0.270. The number of piperazine rings is 1. The molecular formula is C17H32N2S. The van der Waals surface area contributed by atoms with Crippen molar-refractivity contribution < 1.29 is 0 Å². The molecule has 1 aliphatic carbocycles. The largest absolute Gasteiger partial charge is 0.308 e. The Balaban J connectivity index is 1.65. The van der Waals surface area contributed by atoms with Gasteiger partial charge in [0, 0.05) is 31.2 Å². The summed E-state index contributed by atoms with van der Waals surface area (Å²) < 4.78 is 0. The number of nitrogens with one attached hydrogen (secondary N) is 1. The van der Waals surface area contributed by atoms with E-state index in [1.165, 1.54) is 69.7 Å². The van der Waals surface area contributed by atoms with Crippen LogP contribution < -0.4 is 5.32 Å². The zero-order chi connectivity index (χ0) is 14.0. The van der Waals surface area contributed by atoms with Crippen molar-refractivity contribution in [3.63, 3.8) is 0 Å². The van der Waals surface area contributed by atoms with E-state index >= 15 is 0 Å². The highest BCUT2D eigenvalue weighted by molar-refractivity contribution is 7.99. The molecule has 2 heterocycles. The molecule has 1 atom stereocenters. The fourth-order valence-corrected chi connectivity index (χ4v) is 5.72. The summed E-state index contributed by atoms with van der Waals surface area (Å²) in [5, 5.41) is 3.95. The van der Waals surface area contributed by atoms with Crippen molar-refractivity contribution in [3.8, 4) is 0 Å². The van der Waals surface area contributed by atoms with Gasteiger partial charge in [-0.05, 0) is 49.0 Å². The van der Waals surface area contributed by atoms with Crippen LogP contribution in [0.1, 0.15) is 52.4 Å². The lowest BCUT2D eigenvalue weighted by molar-refractivity contribution is 0.0430. The third kappa shape index (κ3) is 3.36. The molecule has 0 aromatic carbocycles. The van der Waals surface area contributed by atoms with Crippen molar-refractivity contribution in [1.29, 1.82) is 0 Å². The fourth-order valence-electron chi connectivity index (χ4n) is 4.52. The van der Waals surface area contributed by atoms with Crippen LogP contribution in [-0.2, 0) is 0 Å². The van der Waals surface area contributed by atoms with Crippen molar-refractivity contribution in [2.24, 2.45) is 11.8 Å². The van der Waals surface area contributed by atoms with Crippen LogP contribution in [0.25, 0.3) is 0 Å². The van der Waals surface area contributed by atoms with E-state index < -0.39 is 0 Å². The van der Waals surface area contributed by atoms with Crippen LogP contribution >= 0.6 is 11.8 Å². The van der Waals surface area contributed by atoms with Gasteiger partial charge >= 0.3 is 0 Å². The van der Waals surface area contributed by atoms with Crippen molar-refractivity contribution in [2.75, 3.05) is 31.1 Å². The molecule has 3 aliphatic rings. The fraction of sp³-hybridized carbons (Fsp3) is 1.00. The number of hydrogen-bond donors (Lipinski definition) is 1. The van der Waals surface area contributed by atoms with Gasteiger partial charge in [-0.2, -0.15) is 11.8 Å². The molecule has 0 amide bonds. The molecule has 1 spiro atoms. The molecule has 0 aromatic rings. The predicted molar refractivity (Wildman–Crippen MR) is 89.4 cm³/mol. The molecule has 1 unspecified atom stereocenters. The lowest BCUT2D eigenvalue weighted by atomic mass is 9.87. The molecule has 1 saturated carbocycles. The van der Waals surface area contributed by atoms with Crippen LogP contribution in [0, 0.1) is 11.8 Å². The van der Waals surface area contributed by atoms with Crippen molar-refractivity contribution >= 4 is 11.8 Å². The first-order chi connectivity index (χ1) is 9.69. The molecule has 20 heavy (non-hydrogen) atoms. The molecule has 0 radical (unpaired) electrons. The van der Waals surface area contributed by atoms with E-state index in [0.717, 1.165) is 17.9 Å². The summed E-state index contributed by atoms with van der Waals surface area (Å²) >= 11 is 2.16. The summed E-state index contributed by atoms with van der Waals surface area (Å²) in [7, 11) is 0. The first-order valence-electron chi connectivity index (χ1n) is 8.75. The Labute approximate surface area is 129 Å². The van der Waals surface area contributed by atoms with Crippen LogP contribution in [0.15, 0.2) is 0 Å². The highest BCUT2D eigenvalue weighted by Gasteiger charge is 2.42. The third-order valence-corrected chi connectivity index (χ3v) is 6.87. The molecule has 2 aliphatic heterocycles. The molecule has 3 rings (SSSR count). The zero-order valence-corrected chi connectivity index (χ0v) is 14.2. The number of nitrogens with zero attached hydrogens (tertiary/aromatic N) is 1. The topological polar surface area (TPSA) is 15.3 Å². The summed E-state index contributed by atoms with van der Waals surface area (Å²) in [5.41, 5.74) is 0.481. The smallest absolute Gasteiger partial charge is 0.0309 e. The molecule has 3 fully saturated rings. The van der Waals surface area contributed by atoms with E-state index in [1.54, 1.807) is 0 Å². The summed E-state index contributed by atoms with van der Waals surface area (Å²) in [6.45, 7) is 8.72. The maximum absolute atomic E-state index is 3.95. The normalized spacial score (nSPS) is 32.2. The molecule has 2 nitrogen and oxygen atoms in total. The minimum absolute atomic E-state index is 0.481. The maximum Gasteiger partial charge on any atom is 0.0309 e. The van der Waals surface area contributed by atoms with Gasteiger partial charge in [-0.3, -0.25) is 4.90 Å². The Kier molecular flexibility index (Phi) is 4.99. The van der Waals surface area contributed by atoms with Gasteiger partial charge in [-0.15, -0.1) is 0 Å². The van der Waals surface area contributed by atoms with Crippen molar-refractivity contribution in [2.45, 2.75) is 64.0 Å². The number of hydrogen-bond acceptors (Lipinski definition) is 3. The van der Waals surface area contributed by atoms with Gasteiger partial charge in [0.25, 0.3) is 0 Å². The molecule has 0 aromatic heterocycles. The van der Waals surface area contributed by atoms with Gasteiger partial charge < -0.3 is 5.32 Å². The summed E-state index contributed by atoms with van der Waals surface area (Å²) in [5.74, 6) is 4.54. The predicted octanol–water partition coefficient (Wildman–Crippen LogP) is 3.37. The average Bonchev–Trinajstić information content (AvgIpc) is 2.88. The minimum atomic E-state index is 0.481. The van der Waals surface area contributed by atoms with Crippen LogP contribution in [0.4, 0.5) is 0 Å². The Morgan fingerprint density at radius 3 is 2.55 bits per heavy atom. The second-order valence-corrected chi connectivity index (χ2v) is 8.89. The lowest BCUT2D eigenvalue weighted by Gasteiger charge is -2.49. The Morgan fingerprint density at radius 1 is 1.20 bits per heavy atom. The SMILES string of the molecule is CC(C)C1CNC2(CCCC2)CN1CC1CCSCC1. The maximum atomic E-state index is 3.95. The van der Waals surface area contributed by atoms with E-state index in [4.69, 9.17) is 0 Å². The quantitative estimate of drug-likeness (QED) is 0.859. The first kappa shape index (κ1) is 15.2. The van der Waals surface area contributed by atoms with E-state index in [0.29, 0.717) is 5.54 Å². The second-order valence-electron chi connectivity index (χ2n) is 7.66. The number of rotatable bonds is 3.